The van der Waals surface area contributed by atoms with Gasteiger partial charge in [-0.15, -0.1) is 0 Å². The van der Waals surface area contributed by atoms with Gasteiger partial charge in [0.05, 0.1) is 12.2 Å². The molecule has 0 aliphatic heterocycles. The SMILES string of the molecule is CCOC(=O)c1cc(NCc2ccccc2Cl)ccc1N. The molecule has 0 amide bonds. The summed E-state index contributed by atoms with van der Waals surface area (Å²) in [5, 5.41) is 3.92. The molecule has 0 saturated carbocycles. The number of nitrogens with one attached hydrogen (secondary N) is 1. The fourth-order valence-corrected chi connectivity index (χ4v) is 2.09. The summed E-state index contributed by atoms with van der Waals surface area (Å²) in [5.41, 5.74) is 8.33. The maximum absolute atomic E-state index is 11.8. The molecule has 21 heavy (non-hydrogen) atoms. The van der Waals surface area contributed by atoms with Crippen molar-refractivity contribution in [3.63, 3.8) is 0 Å². The highest BCUT2D eigenvalue weighted by molar-refractivity contribution is 6.31. The van der Waals surface area contributed by atoms with Crippen LogP contribution in [0.4, 0.5) is 11.4 Å². The zero-order chi connectivity index (χ0) is 15.2. The molecule has 0 atom stereocenters. The molecule has 0 aromatic heterocycles. The number of benzene rings is 2. The largest absolute Gasteiger partial charge is 0.462 e. The second kappa shape index (κ2) is 6.99. The van der Waals surface area contributed by atoms with E-state index in [0.717, 1.165) is 11.3 Å². The van der Waals surface area contributed by atoms with Crippen LogP contribution in [0.2, 0.25) is 5.02 Å². The third kappa shape index (κ3) is 3.89. The van der Waals surface area contributed by atoms with Crippen molar-refractivity contribution < 1.29 is 9.53 Å². The van der Waals surface area contributed by atoms with E-state index in [2.05, 4.69) is 5.32 Å². The summed E-state index contributed by atoms with van der Waals surface area (Å²) in [4.78, 5) is 11.8. The number of nitrogen functional groups attached to an aromatic ring is 1. The Labute approximate surface area is 128 Å². The van der Waals surface area contributed by atoms with Crippen molar-refractivity contribution in [2.24, 2.45) is 0 Å². The number of anilines is 2. The number of carbonyl (C=O) groups is 1. The van der Waals surface area contributed by atoms with Gasteiger partial charge in [-0.2, -0.15) is 0 Å². The van der Waals surface area contributed by atoms with Crippen LogP contribution in [0.5, 0.6) is 0 Å². The maximum atomic E-state index is 11.8. The number of rotatable bonds is 5. The number of ether oxygens (including phenoxy) is 1. The molecule has 0 aliphatic carbocycles. The molecule has 0 spiro atoms. The monoisotopic (exact) mass is 304 g/mol. The first kappa shape index (κ1) is 15.2. The lowest BCUT2D eigenvalue weighted by atomic mass is 10.1. The van der Waals surface area contributed by atoms with E-state index in [1.54, 1.807) is 19.1 Å². The van der Waals surface area contributed by atoms with Crippen LogP contribution in [0, 0.1) is 0 Å². The molecule has 2 aromatic carbocycles. The van der Waals surface area contributed by atoms with Crippen molar-refractivity contribution >= 4 is 28.9 Å². The molecule has 0 aliphatic rings. The Morgan fingerprint density at radius 1 is 1.29 bits per heavy atom. The van der Waals surface area contributed by atoms with Crippen LogP contribution in [0.15, 0.2) is 42.5 Å². The van der Waals surface area contributed by atoms with Gasteiger partial charge in [-0.25, -0.2) is 4.79 Å². The van der Waals surface area contributed by atoms with Crippen molar-refractivity contribution in [3.05, 3.63) is 58.6 Å². The molecule has 0 radical (unpaired) electrons. The first-order valence-electron chi connectivity index (χ1n) is 6.65. The van der Waals surface area contributed by atoms with Crippen molar-refractivity contribution in [1.82, 2.24) is 0 Å². The summed E-state index contributed by atoms with van der Waals surface area (Å²) in [6.45, 7) is 2.63. The highest BCUT2D eigenvalue weighted by Gasteiger charge is 2.11. The number of halogens is 1. The van der Waals surface area contributed by atoms with Crippen LogP contribution >= 0.6 is 11.6 Å². The summed E-state index contributed by atoms with van der Waals surface area (Å²) in [7, 11) is 0. The van der Waals surface area contributed by atoms with E-state index >= 15 is 0 Å². The minimum absolute atomic E-state index is 0.315. The lowest BCUT2D eigenvalue weighted by Crippen LogP contribution is -2.09. The first-order chi connectivity index (χ1) is 10.1. The molecule has 110 valence electrons. The molecule has 0 fully saturated rings. The molecule has 0 saturated heterocycles. The highest BCUT2D eigenvalue weighted by atomic mass is 35.5. The molecule has 0 heterocycles. The second-order valence-corrected chi connectivity index (χ2v) is 4.87. The molecule has 2 rings (SSSR count). The van der Waals surface area contributed by atoms with Gasteiger partial charge in [-0.1, -0.05) is 29.8 Å². The Morgan fingerprint density at radius 2 is 2.05 bits per heavy atom. The van der Waals surface area contributed by atoms with Gasteiger partial charge in [0.2, 0.25) is 0 Å². The van der Waals surface area contributed by atoms with E-state index in [1.165, 1.54) is 0 Å². The van der Waals surface area contributed by atoms with E-state index in [-0.39, 0.29) is 0 Å². The smallest absolute Gasteiger partial charge is 0.340 e. The van der Waals surface area contributed by atoms with Crippen LogP contribution < -0.4 is 11.1 Å². The Morgan fingerprint density at radius 3 is 2.76 bits per heavy atom. The average Bonchev–Trinajstić information content (AvgIpc) is 2.48. The summed E-state index contributed by atoms with van der Waals surface area (Å²) in [6, 6.07) is 12.8. The molecule has 3 N–H and O–H groups in total. The van der Waals surface area contributed by atoms with E-state index < -0.39 is 5.97 Å². The fraction of sp³-hybridized carbons (Fsp3) is 0.188. The molecule has 4 nitrogen and oxygen atoms in total. The summed E-state index contributed by atoms with van der Waals surface area (Å²) >= 11 is 6.10. The van der Waals surface area contributed by atoms with Gasteiger partial charge in [0, 0.05) is 22.9 Å². The standard InChI is InChI=1S/C16H17ClN2O2/c1-2-21-16(20)13-9-12(7-8-15(13)18)19-10-11-5-3-4-6-14(11)17/h3-9,19H,2,10,18H2,1H3. The van der Waals surface area contributed by atoms with E-state index in [9.17, 15) is 4.79 Å². The molecule has 5 heteroatoms. The van der Waals surface area contributed by atoms with Gasteiger partial charge in [-0.05, 0) is 36.8 Å². The average molecular weight is 305 g/mol. The number of nitrogens with two attached hydrogens (primary N) is 1. The summed E-state index contributed by atoms with van der Waals surface area (Å²) in [5.74, 6) is -0.420. The minimum atomic E-state index is -0.420. The van der Waals surface area contributed by atoms with Gasteiger partial charge in [0.1, 0.15) is 0 Å². The topological polar surface area (TPSA) is 64.3 Å². The molecule has 0 bridgehead atoms. The van der Waals surface area contributed by atoms with Crippen LogP contribution in [-0.4, -0.2) is 12.6 Å². The van der Waals surface area contributed by atoms with Gasteiger partial charge in [0.15, 0.2) is 0 Å². The van der Waals surface area contributed by atoms with Crippen molar-refractivity contribution in [2.75, 3.05) is 17.7 Å². The van der Waals surface area contributed by atoms with Crippen LogP contribution in [0.1, 0.15) is 22.8 Å². The number of hydrogen-bond acceptors (Lipinski definition) is 4. The molecular weight excluding hydrogens is 288 g/mol. The van der Waals surface area contributed by atoms with Gasteiger partial charge in [0.25, 0.3) is 0 Å². The highest BCUT2D eigenvalue weighted by Crippen LogP contribution is 2.21. The normalized spacial score (nSPS) is 10.2. The quantitative estimate of drug-likeness (QED) is 0.653. The van der Waals surface area contributed by atoms with Crippen LogP contribution in [0.3, 0.4) is 0 Å². The Hall–Kier alpha value is -2.20. The summed E-state index contributed by atoms with van der Waals surface area (Å²) in [6.07, 6.45) is 0. The predicted octanol–water partition coefficient (Wildman–Crippen LogP) is 3.71. The minimum Gasteiger partial charge on any atom is -0.462 e. The second-order valence-electron chi connectivity index (χ2n) is 4.47. The van der Waals surface area contributed by atoms with Crippen molar-refractivity contribution in [3.8, 4) is 0 Å². The molecule has 0 unspecified atom stereocenters. The molecule has 2 aromatic rings. The van der Waals surface area contributed by atoms with Crippen molar-refractivity contribution in [1.29, 1.82) is 0 Å². The van der Waals surface area contributed by atoms with Crippen LogP contribution in [-0.2, 0) is 11.3 Å². The van der Waals surface area contributed by atoms with Crippen LogP contribution in [0.25, 0.3) is 0 Å². The fourth-order valence-electron chi connectivity index (χ4n) is 1.89. The Bertz CT molecular complexity index is 644. The lowest BCUT2D eigenvalue weighted by Gasteiger charge is -2.11. The van der Waals surface area contributed by atoms with Gasteiger partial charge < -0.3 is 15.8 Å². The lowest BCUT2D eigenvalue weighted by molar-refractivity contribution is 0.0527. The third-order valence-corrected chi connectivity index (χ3v) is 3.36. The van der Waals surface area contributed by atoms with E-state index in [4.69, 9.17) is 22.1 Å². The molecular formula is C16H17ClN2O2. The zero-order valence-corrected chi connectivity index (χ0v) is 12.5. The van der Waals surface area contributed by atoms with E-state index in [0.29, 0.717) is 29.4 Å². The zero-order valence-electron chi connectivity index (χ0n) is 11.7. The van der Waals surface area contributed by atoms with Crippen molar-refractivity contribution in [2.45, 2.75) is 13.5 Å². The third-order valence-electron chi connectivity index (χ3n) is 2.99. The maximum Gasteiger partial charge on any atom is 0.340 e. The number of hydrogen-bond donors (Lipinski definition) is 2. The Balaban J connectivity index is 2.12. The first-order valence-corrected chi connectivity index (χ1v) is 7.03. The van der Waals surface area contributed by atoms with Gasteiger partial charge in [-0.3, -0.25) is 0 Å². The number of esters is 1. The summed E-state index contributed by atoms with van der Waals surface area (Å²) < 4.78 is 4.98. The Kier molecular flexibility index (Phi) is 5.06. The van der Waals surface area contributed by atoms with Gasteiger partial charge >= 0.3 is 5.97 Å². The van der Waals surface area contributed by atoms with E-state index in [1.807, 2.05) is 30.3 Å². The number of carbonyl (C=O) groups excluding carboxylic acids is 1. The predicted molar refractivity (Wildman–Crippen MR) is 85.6 cm³/mol.